The summed E-state index contributed by atoms with van der Waals surface area (Å²) in [5.74, 6) is 2.06. The van der Waals surface area contributed by atoms with E-state index in [0.717, 1.165) is 35.7 Å². The smallest absolute Gasteiger partial charge is 0.235 e. The largest absolute Gasteiger partial charge is 0.497 e. The third-order valence-electron chi connectivity index (χ3n) is 5.05. The number of anilines is 3. The maximum absolute atomic E-state index is 12.7. The number of nitrogens with zero attached hydrogens (tertiary/aromatic N) is 4. The van der Waals surface area contributed by atoms with Gasteiger partial charge in [0, 0.05) is 23.7 Å². The summed E-state index contributed by atoms with van der Waals surface area (Å²) in [7, 11) is 1.63. The fourth-order valence-corrected chi connectivity index (χ4v) is 4.85. The molecule has 2 heterocycles. The summed E-state index contributed by atoms with van der Waals surface area (Å²) in [5.41, 5.74) is 2.81. The maximum Gasteiger partial charge on any atom is 0.235 e. The van der Waals surface area contributed by atoms with E-state index in [-0.39, 0.29) is 11.7 Å². The monoisotopic (exact) mass is 478 g/mol. The SMILES string of the molecule is COc1cccc(Nc2nnc(SCC(=O)Nc3cc(C4CC4)nn3-c3ccccc3)s2)c1. The number of nitrogens with one attached hydrogen (secondary N) is 2. The van der Waals surface area contributed by atoms with Crippen molar-refractivity contribution >= 4 is 45.6 Å². The molecular formula is C23H22N6O2S2. The first kappa shape index (κ1) is 21.5. The molecule has 1 amide bonds. The summed E-state index contributed by atoms with van der Waals surface area (Å²) in [6, 6.07) is 19.4. The summed E-state index contributed by atoms with van der Waals surface area (Å²) in [6.07, 6.45) is 2.30. The number of carbonyl (C=O) groups excluding carboxylic acids is 1. The van der Waals surface area contributed by atoms with Crippen LogP contribution in [0.15, 0.2) is 65.0 Å². The van der Waals surface area contributed by atoms with Crippen LogP contribution in [0.2, 0.25) is 0 Å². The van der Waals surface area contributed by atoms with Gasteiger partial charge in [-0.3, -0.25) is 4.79 Å². The molecule has 2 N–H and O–H groups in total. The molecule has 1 saturated carbocycles. The van der Waals surface area contributed by atoms with Gasteiger partial charge in [0.2, 0.25) is 11.0 Å². The summed E-state index contributed by atoms with van der Waals surface area (Å²) in [4.78, 5) is 12.7. The van der Waals surface area contributed by atoms with Crippen molar-refractivity contribution in [2.24, 2.45) is 0 Å². The van der Waals surface area contributed by atoms with Gasteiger partial charge in [0.05, 0.1) is 24.2 Å². The van der Waals surface area contributed by atoms with Gasteiger partial charge in [-0.05, 0) is 37.1 Å². The lowest BCUT2D eigenvalue weighted by Crippen LogP contribution is -2.16. The second-order valence-corrected chi connectivity index (χ2v) is 9.74. The van der Waals surface area contributed by atoms with Gasteiger partial charge >= 0.3 is 0 Å². The van der Waals surface area contributed by atoms with Crippen LogP contribution in [0.3, 0.4) is 0 Å². The van der Waals surface area contributed by atoms with Gasteiger partial charge in [-0.25, -0.2) is 4.68 Å². The Morgan fingerprint density at radius 2 is 2.00 bits per heavy atom. The van der Waals surface area contributed by atoms with Gasteiger partial charge in [0.25, 0.3) is 0 Å². The van der Waals surface area contributed by atoms with Crippen LogP contribution in [0, 0.1) is 0 Å². The maximum atomic E-state index is 12.7. The average Bonchev–Trinajstić information content (AvgIpc) is 3.46. The lowest BCUT2D eigenvalue weighted by atomic mass is 10.3. The van der Waals surface area contributed by atoms with Crippen molar-refractivity contribution in [3.05, 3.63) is 66.4 Å². The fourth-order valence-electron chi connectivity index (χ4n) is 3.28. The number of benzene rings is 2. The molecule has 0 unspecified atom stereocenters. The van der Waals surface area contributed by atoms with Gasteiger partial charge in [0.1, 0.15) is 11.6 Å². The molecule has 1 aliphatic carbocycles. The molecule has 0 spiro atoms. The Hall–Kier alpha value is -3.37. The third-order valence-corrected chi connectivity index (χ3v) is 7.02. The van der Waals surface area contributed by atoms with Crippen LogP contribution in [-0.4, -0.2) is 38.7 Å². The van der Waals surface area contributed by atoms with Crippen molar-refractivity contribution in [1.29, 1.82) is 0 Å². The second kappa shape index (κ2) is 9.63. The summed E-state index contributed by atoms with van der Waals surface area (Å²) < 4.78 is 7.76. The molecule has 1 aliphatic rings. The van der Waals surface area contributed by atoms with E-state index in [1.54, 1.807) is 11.8 Å². The molecule has 0 bridgehead atoms. The predicted molar refractivity (Wildman–Crippen MR) is 131 cm³/mol. The second-order valence-electron chi connectivity index (χ2n) is 7.54. The Bertz CT molecular complexity index is 1250. The molecule has 0 aliphatic heterocycles. The quantitative estimate of drug-likeness (QED) is 0.324. The number of thioether (sulfide) groups is 1. The zero-order valence-corrected chi connectivity index (χ0v) is 19.5. The van der Waals surface area contributed by atoms with Crippen molar-refractivity contribution in [2.75, 3.05) is 23.5 Å². The van der Waals surface area contributed by atoms with E-state index < -0.39 is 0 Å². The Morgan fingerprint density at radius 1 is 1.15 bits per heavy atom. The number of amides is 1. The van der Waals surface area contributed by atoms with Crippen LogP contribution in [0.4, 0.5) is 16.6 Å². The highest BCUT2D eigenvalue weighted by Gasteiger charge is 2.28. The summed E-state index contributed by atoms with van der Waals surface area (Å²) in [6.45, 7) is 0. The van der Waals surface area contributed by atoms with Gasteiger partial charge in [-0.15, -0.1) is 10.2 Å². The van der Waals surface area contributed by atoms with Crippen LogP contribution in [0.1, 0.15) is 24.5 Å². The van der Waals surface area contributed by atoms with E-state index in [1.807, 2.05) is 60.7 Å². The number of carbonyl (C=O) groups is 1. The van der Waals surface area contributed by atoms with Gasteiger partial charge in [-0.2, -0.15) is 5.10 Å². The minimum Gasteiger partial charge on any atom is -0.497 e. The number of hydrogen-bond acceptors (Lipinski definition) is 8. The molecule has 1 fully saturated rings. The van der Waals surface area contributed by atoms with Crippen molar-refractivity contribution in [2.45, 2.75) is 23.1 Å². The average molecular weight is 479 g/mol. The van der Waals surface area contributed by atoms with Crippen LogP contribution in [0.5, 0.6) is 5.75 Å². The van der Waals surface area contributed by atoms with E-state index in [4.69, 9.17) is 9.84 Å². The highest BCUT2D eigenvalue weighted by atomic mass is 32.2. The Kier molecular flexibility index (Phi) is 6.27. The van der Waals surface area contributed by atoms with Crippen molar-refractivity contribution < 1.29 is 9.53 Å². The summed E-state index contributed by atoms with van der Waals surface area (Å²) in [5, 5.41) is 19.9. The Morgan fingerprint density at radius 3 is 2.79 bits per heavy atom. The Balaban J connectivity index is 1.21. The Labute approximate surface area is 199 Å². The van der Waals surface area contributed by atoms with Crippen molar-refractivity contribution in [1.82, 2.24) is 20.0 Å². The van der Waals surface area contributed by atoms with E-state index in [0.29, 0.717) is 21.2 Å². The molecule has 168 valence electrons. The van der Waals surface area contributed by atoms with E-state index in [2.05, 4.69) is 20.8 Å². The first-order valence-electron chi connectivity index (χ1n) is 10.5. The minimum atomic E-state index is -0.114. The number of aromatic nitrogens is 4. The molecule has 2 aromatic heterocycles. The normalized spacial score (nSPS) is 13.0. The molecule has 4 aromatic rings. The van der Waals surface area contributed by atoms with Crippen molar-refractivity contribution in [3.8, 4) is 11.4 Å². The molecular weight excluding hydrogens is 456 g/mol. The molecule has 0 atom stereocenters. The van der Waals surface area contributed by atoms with Gasteiger partial charge < -0.3 is 15.4 Å². The number of hydrogen-bond donors (Lipinski definition) is 2. The van der Waals surface area contributed by atoms with E-state index in [1.165, 1.54) is 23.1 Å². The highest BCUT2D eigenvalue weighted by molar-refractivity contribution is 8.01. The molecule has 8 nitrogen and oxygen atoms in total. The minimum absolute atomic E-state index is 0.114. The van der Waals surface area contributed by atoms with Gasteiger partial charge in [-0.1, -0.05) is 47.4 Å². The molecule has 0 radical (unpaired) electrons. The number of para-hydroxylation sites is 1. The zero-order valence-electron chi connectivity index (χ0n) is 17.9. The van der Waals surface area contributed by atoms with E-state index in [9.17, 15) is 4.79 Å². The fraction of sp³-hybridized carbons (Fsp3) is 0.217. The summed E-state index contributed by atoms with van der Waals surface area (Å²) >= 11 is 2.75. The first-order chi connectivity index (χ1) is 16.2. The zero-order chi connectivity index (χ0) is 22.6. The standard InChI is InChI=1S/C23H22N6O2S2/c1-31-18-9-5-6-16(12-18)24-22-26-27-23(33-22)32-14-21(30)25-20-13-19(15-10-11-15)28-29(20)17-7-3-2-4-8-17/h2-9,12-13,15H,10-11,14H2,1H3,(H,24,26)(H,25,30). The predicted octanol–water partition coefficient (Wildman–Crippen LogP) is 5.08. The number of rotatable bonds is 9. The van der Waals surface area contributed by atoms with Gasteiger partial charge in [0.15, 0.2) is 4.34 Å². The molecule has 33 heavy (non-hydrogen) atoms. The number of ether oxygens (including phenoxy) is 1. The van der Waals surface area contributed by atoms with Crippen molar-refractivity contribution in [3.63, 3.8) is 0 Å². The van der Waals surface area contributed by atoms with Crippen LogP contribution in [0.25, 0.3) is 5.69 Å². The van der Waals surface area contributed by atoms with E-state index >= 15 is 0 Å². The van der Waals surface area contributed by atoms with Crippen LogP contribution < -0.4 is 15.4 Å². The lowest BCUT2D eigenvalue weighted by molar-refractivity contribution is -0.113. The molecule has 0 saturated heterocycles. The lowest BCUT2D eigenvalue weighted by Gasteiger charge is -2.08. The molecule has 5 rings (SSSR count). The van der Waals surface area contributed by atoms with Crippen LogP contribution in [-0.2, 0) is 4.79 Å². The topological polar surface area (TPSA) is 94.0 Å². The molecule has 10 heteroatoms. The highest BCUT2D eigenvalue weighted by Crippen LogP contribution is 2.40. The number of methoxy groups -OCH3 is 1. The third kappa shape index (κ3) is 5.35. The molecule has 2 aromatic carbocycles. The van der Waals surface area contributed by atoms with Crippen LogP contribution >= 0.6 is 23.1 Å². The first-order valence-corrected chi connectivity index (χ1v) is 12.3.